The molecule has 0 radical (unpaired) electrons. The zero-order chi connectivity index (χ0) is 22.7. The van der Waals surface area contributed by atoms with Crippen LogP contribution in [-0.4, -0.2) is 77.8 Å². The van der Waals surface area contributed by atoms with Crippen molar-refractivity contribution in [3.05, 3.63) is 0 Å². The third-order valence-electron chi connectivity index (χ3n) is 5.00. The molecule has 0 aromatic rings. The van der Waals surface area contributed by atoms with Crippen LogP contribution in [0.4, 0.5) is 0 Å². The number of amides is 3. The van der Waals surface area contributed by atoms with Gasteiger partial charge in [0.05, 0.1) is 12.6 Å². The third kappa shape index (κ3) is 8.25. The molecule has 4 atom stereocenters. The average Bonchev–Trinajstić information content (AvgIpc) is 3.23. The lowest BCUT2D eigenvalue weighted by molar-refractivity contribution is -0.143. The standard InChI is InChI=1S/C19H35N5O6/c1-11(2)15(19(29)30)24-17(27)13(6-3-4-8-20)22-18(28)14(10-25)23-16(26)12-7-5-9-21-12/h11-15,21,25H,3-10,20H2,1-2H3,(H,22,28)(H,23,26)(H,24,27)(H,29,30). The Morgan fingerprint density at radius 1 is 1.07 bits per heavy atom. The molecule has 0 bridgehead atoms. The molecular formula is C19H35N5O6. The lowest BCUT2D eigenvalue weighted by Crippen LogP contribution is -2.58. The summed E-state index contributed by atoms with van der Waals surface area (Å²) in [5, 5.41) is 29.3. The van der Waals surface area contributed by atoms with Crippen LogP contribution in [0.15, 0.2) is 0 Å². The molecule has 1 fully saturated rings. The van der Waals surface area contributed by atoms with Gasteiger partial charge in [-0.3, -0.25) is 14.4 Å². The molecule has 172 valence electrons. The molecule has 4 unspecified atom stereocenters. The van der Waals surface area contributed by atoms with E-state index in [9.17, 15) is 29.4 Å². The maximum Gasteiger partial charge on any atom is 0.326 e. The monoisotopic (exact) mass is 429 g/mol. The van der Waals surface area contributed by atoms with Crippen LogP contribution < -0.4 is 27.0 Å². The van der Waals surface area contributed by atoms with E-state index >= 15 is 0 Å². The predicted octanol–water partition coefficient (Wildman–Crippen LogP) is -1.95. The van der Waals surface area contributed by atoms with E-state index in [2.05, 4.69) is 21.3 Å². The zero-order valence-electron chi connectivity index (χ0n) is 17.6. The van der Waals surface area contributed by atoms with Crippen LogP contribution in [-0.2, 0) is 19.2 Å². The van der Waals surface area contributed by atoms with Crippen LogP contribution in [0.25, 0.3) is 0 Å². The fourth-order valence-electron chi connectivity index (χ4n) is 3.18. The smallest absolute Gasteiger partial charge is 0.326 e. The van der Waals surface area contributed by atoms with Crippen molar-refractivity contribution in [3.8, 4) is 0 Å². The van der Waals surface area contributed by atoms with Gasteiger partial charge in [-0.2, -0.15) is 0 Å². The number of carboxylic acid groups (broad SMARTS) is 1. The second-order valence-corrected chi connectivity index (χ2v) is 7.81. The van der Waals surface area contributed by atoms with Crippen LogP contribution in [0.3, 0.4) is 0 Å². The molecule has 8 N–H and O–H groups in total. The molecule has 1 aliphatic heterocycles. The maximum absolute atomic E-state index is 12.7. The van der Waals surface area contributed by atoms with Crippen molar-refractivity contribution < 1.29 is 29.4 Å². The molecule has 3 amide bonds. The molecule has 1 saturated heterocycles. The number of carboxylic acids is 1. The highest BCUT2D eigenvalue weighted by molar-refractivity contribution is 5.94. The van der Waals surface area contributed by atoms with Gasteiger partial charge >= 0.3 is 5.97 Å². The van der Waals surface area contributed by atoms with Crippen LogP contribution in [0.5, 0.6) is 0 Å². The normalized spacial score (nSPS) is 19.0. The van der Waals surface area contributed by atoms with Gasteiger partial charge in [0.15, 0.2) is 0 Å². The Labute approximate surface area is 176 Å². The molecule has 0 aromatic carbocycles. The number of rotatable bonds is 13. The minimum atomic E-state index is -1.22. The fourth-order valence-corrected chi connectivity index (χ4v) is 3.18. The van der Waals surface area contributed by atoms with Crippen molar-refractivity contribution in [2.75, 3.05) is 19.7 Å². The maximum atomic E-state index is 12.7. The first-order chi connectivity index (χ1) is 14.2. The largest absolute Gasteiger partial charge is 0.480 e. The lowest BCUT2D eigenvalue weighted by Gasteiger charge is -2.25. The van der Waals surface area contributed by atoms with E-state index in [0.29, 0.717) is 32.4 Å². The summed E-state index contributed by atoms with van der Waals surface area (Å²) in [5.74, 6) is -3.27. The van der Waals surface area contributed by atoms with E-state index in [1.165, 1.54) is 0 Å². The number of hydrogen-bond acceptors (Lipinski definition) is 7. The van der Waals surface area contributed by atoms with Crippen LogP contribution in [0.2, 0.25) is 0 Å². The van der Waals surface area contributed by atoms with Crippen LogP contribution >= 0.6 is 0 Å². The predicted molar refractivity (Wildman–Crippen MR) is 109 cm³/mol. The highest BCUT2D eigenvalue weighted by Gasteiger charge is 2.31. The second kappa shape index (κ2) is 13.1. The molecule has 1 heterocycles. The van der Waals surface area contributed by atoms with Crippen LogP contribution in [0.1, 0.15) is 46.0 Å². The van der Waals surface area contributed by atoms with Gasteiger partial charge in [0, 0.05) is 0 Å². The minimum absolute atomic E-state index is 0.246. The summed E-state index contributed by atoms with van der Waals surface area (Å²) in [6.07, 6.45) is 2.89. The fraction of sp³-hybridized carbons (Fsp3) is 0.789. The first-order valence-corrected chi connectivity index (χ1v) is 10.4. The molecule has 1 rings (SSSR count). The molecule has 0 aliphatic carbocycles. The van der Waals surface area contributed by atoms with Gasteiger partial charge in [-0.25, -0.2) is 4.79 Å². The van der Waals surface area contributed by atoms with E-state index in [-0.39, 0.29) is 12.3 Å². The molecule has 0 saturated carbocycles. The number of nitrogens with one attached hydrogen (secondary N) is 4. The molecule has 0 aromatic heterocycles. The summed E-state index contributed by atoms with van der Waals surface area (Å²) in [6, 6.07) is -3.75. The van der Waals surface area contributed by atoms with E-state index in [0.717, 1.165) is 6.42 Å². The Kier molecular flexibility index (Phi) is 11.3. The average molecular weight is 430 g/mol. The minimum Gasteiger partial charge on any atom is -0.480 e. The Balaban J connectivity index is 2.79. The Morgan fingerprint density at radius 2 is 1.73 bits per heavy atom. The number of carbonyl (C=O) groups is 4. The number of aliphatic carboxylic acids is 1. The second-order valence-electron chi connectivity index (χ2n) is 7.81. The van der Waals surface area contributed by atoms with Gasteiger partial charge in [0.25, 0.3) is 0 Å². The lowest BCUT2D eigenvalue weighted by atomic mass is 10.0. The number of carbonyl (C=O) groups excluding carboxylic acids is 3. The van der Waals surface area contributed by atoms with Crippen molar-refractivity contribution in [1.29, 1.82) is 0 Å². The van der Waals surface area contributed by atoms with Crippen LogP contribution in [0, 0.1) is 5.92 Å². The summed E-state index contributed by atoms with van der Waals surface area (Å²) in [7, 11) is 0. The van der Waals surface area contributed by atoms with Gasteiger partial charge in [-0.15, -0.1) is 0 Å². The molecule has 11 heteroatoms. The number of hydrogen-bond donors (Lipinski definition) is 7. The van der Waals surface area contributed by atoms with Gasteiger partial charge in [-0.1, -0.05) is 13.8 Å². The molecule has 0 spiro atoms. The van der Waals surface area contributed by atoms with Gasteiger partial charge in [0.1, 0.15) is 18.1 Å². The van der Waals surface area contributed by atoms with Crippen molar-refractivity contribution in [3.63, 3.8) is 0 Å². The Morgan fingerprint density at radius 3 is 2.23 bits per heavy atom. The van der Waals surface area contributed by atoms with E-state index in [4.69, 9.17) is 5.73 Å². The summed E-state index contributed by atoms with van der Waals surface area (Å²) >= 11 is 0. The highest BCUT2D eigenvalue weighted by Crippen LogP contribution is 2.07. The quantitative estimate of drug-likeness (QED) is 0.165. The SMILES string of the molecule is CC(C)C(NC(=O)C(CCCCN)NC(=O)C(CO)NC(=O)C1CCCN1)C(=O)O. The summed E-state index contributed by atoms with van der Waals surface area (Å²) in [6.45, 7) is 3.81. The summed E-state index contributed by atoms with van der Waals surface area (Å²) < 4.78 is 0. The molecule has 1 aliphatic rings. The molecule has 30 heavy (non-hydrogen) atoms. The zero-order valence-corrected chi connectivity index (χ0v) is 17.6. The van der Waals surface area contributed by atoms with E-state index < -0.39 is 54.5 Å². The third-order valence-corrected chi connectivity index (χ3v) is 5.00. The van der Waals surface area contributed by atoms with Crippen molar-refractivity contribution in [2.45, 2.75) is 70.1 Å². The number of aliphatic hydroxyl groups excluding tert-OH is 1. The number of nitrogens with two attached hydrogens (primary N) is 1. The number of unbranched alkanes of at least 4 members (excludes halogenated alkanes) is 1. The first-order valence-electron chi connectivity index (χ1n) is 10.4. The van der Waals surface area contributed by atoms with Gasteiger partial charge in [0.2, 0.25) is 17.7 Å². The Bertz CT molecular complexity index is 594. The topological polar surface area (TPSA) is 183 Å². The van der Waals surface area contributed by atoms with Crippen molar-refractivity contribution in [2.24, 2.45) is 11.7 Å². The molecule has 11 nitrogen and oxygen atoms in total. The van der Waals surface area contributed by atoms with Crippen molar-refractivity contribution in [1.82, 2.24) is 21.3 Å². The van der Waals surface area contributed by atoms with E-state index in [1.807, 2.05) is 0 Å². The van der Waals surface area contributed by atoms with Gasteiger partial charge in [-0.05, 0) is 51.1 Å². The highest BCUT2D eigenvalue weighted by atomic mass is 16.4. The van der Waals surface area contributed by atoms with E-state index in [1.54, 1.807) is 13.8 Å². The first kappa shape index (κ1) is 25.8. The van der Waals surface area contributed by atoms with Crippen molar-refractivity contribution >= 4 is 23.7 Å². The summed E-state index contributed by atoms with van der Waals surface area (Å²) in [4.78, 5) is 48.9. The van der Waals surface area contributed by atoms with Gasteiger partial charge < -0.3 is 37.2 Å². The summed E-state index contributed by atoms with van der Waals surface area (Å²) in [5.41, 5.74) is 5.48. The molecular weight excluding hydrogens is 394 g/mol. The Hall–Kier alpha value is -2.24. The number of aliphatic hydroxyl groups is 1.